The Hall–Kier alpha value is -2.12. The maximum Gasteiger partial charge on any atom is 0.265 e. The summed E-state index contributed by atoms with van der Waals surface area (Å²) in [6, 6.07) is -1.75. The van der Waals surface area contributed by atoms with Crippen molar-refractivity contribution < 1.29 is 19.8 Å². The van der Waals surface area contributed by atoms with Crippen molar-refractivity contribution in [3.05, 3.63) is 10.1 Å². The summed E-state index contributed by atoms with van der Waals surface area (Å²) in [6.45, 7) is 0.0948. The standard InChI is InChI=1S/C12H25N7O5S/c1-25-7-3-4-8(13)10(20)16-9(11(21)18-22)5-2-6-15-12(14)17-19(23)24/h8-9,22H,2-7,13H2,1H3,(H,16,20)(H,18,21)(H3,14,15,17)/t8-,9-/m0/s1. The molecule has 0 aliphatic rings. The minimum Gasteiger partial charge on any atom is -0.365 e. The molecule has 0 aromatic heterocycles. The van der Waals surface area contributed by atoms with Gasteiger partial charge >= 0.3 is 0 Å². The first-order valence-corrected chi connectivity index (χ1v) is 8.91. The van der Waals surface area contributed by atoms with E-state index in [1.807, 2.05) is 6.26 Å². The molecule has 0 bridgehead atoms. The van der Waals surface area contributed by atoms with Gasteiger partial charge in [-0.3, -0.25) is 14.8 Å². The highest BCUT2D eigenvalue weighted by atomic mass is 32.2. The van der Waals surface area contributed by atoms with E-state index in [2.05, 4.69) is 10.3 Å². The molecular formula is C12H25N7O5S. The summed E-state index contributed by atoms with van der Waals surface area (Å²) in [5.74, 6) is -0.773. The number of nitrogens with zero attached hydrogens (tertiary/aromatic N) is 2. The van der Waals surface area contributed by atoms with E-state index in [9.17, 15) is 19.7 Å². The number of hydrogen-bond acceptors (Lipinski definition) is 8. The van der Waals surface area contributed by atoms with Crippen LogP contribution in [0.5, 0.6) is 0 Å². The third-order valence-corrected chi connectivity index (χ3v) is 3.78. The van der Waals surface area contributed by atoms with Crippen molar-refractivity contribution in [3.63, 3.8) is 0 Å². The van der Waals surface area contributed by atoms with Crippen molar-refractivity contribution in [2.75, 3.05) is 18.6 Å². The molecule has 8 N–H and O–H groups in total. The van der Waals surface area contributed by atoms with Gasteiger partial charge in [-0.2, -0.15) is 11.8 Å². The van der Waals surface area contributed by atoms with Gasteiger partial charge in [0, 0.05) is 6.54 Å². The summed E-state index contributed by atoms with van der Waals surface area (Å²) in [4.78, 5) is 37.5. The fraction of sp³-hybridized carbons (Fsp3) is 0.750. The van der Waals surface area contributed by atoms with Crippen LogP contribution in [0, 0.1) is 10.1 Å². The molecule has 0 aliphatic carbocycles. The highest BCUT2D eigenvalue weighted by Crippen LogP contribution is 2.04. The number of aliphatic imine (C=N–C) groups is 1. The van der Waals surface area contributed by atoms with Crippen LogP contribution in [0.25, 0.3) is 0 Å². The second kappa shape index (κ2) is 13.2. The minimum absolute atomic E-state index is 0.0948. The fourth-order valence-electron chi connectivity index (χ4n) is 1.83. The fourth-order valence-corrected chi connectivity index (χ4v) is 2.28. The van der Waals surface area contributed by atoms with Crippen molar-refractivity contribution in [2.45, 2.75) is 37.8 Å². The van der Waals surface area contributed by atoms with Crippen molar-refractivity contribution >= 4 is 29.5 Å². The Morgan fingerprint density at radius 3 is 2.56 bits per heavy atom. The zero-order valence-corrected chi connectivity index (χ0v) is 14.8. The SMILES string of the molecule is CSCCC[C@H](N)C(=O)N[C@@H](CCCN=C(N)N[N+](=O)[O-])C(=O)NO. The number of carbonyl (C=O) groups excluding carboxylic acids is 2. The lowest BCUT2D eigenvalue weighted by Gasteiger charge is -2.19. The number of hydrazine groups is 1. The third-order valence-electron chi connectivity index (χ3n) is 3.08. The smallest absolute Gasteiger partial charge is 0.265 e. The molecule has 0 fully saturated rings. The van der Waals surface area contributed by atoms with Crippen LogP contribution < -0.4 is 27.7 Å². The Balaban J connectivity index is 4.43. The number of thioether (sulfide) groups is 1. The summed E-state index contributed by atoms with van der Waals surface area (Å²) in [7, 11) is 0. The van der Waals surface area contributed by atoms with Crippen LogP contribution >= 0.6 is 11.8 Å². The molecule has 0 rings (SSSR count). The van der Waals surface area contributed by atoms with Crippen LogP contribution in [-0.4, -0.2) is 58.7 Å². The monoisotopic (exact) mass is 379 g/mol. The number of nitrogens with two attached hydrogens (primary N) is 2. The highest BCUT2D eigenvalue weighted by molar-refractivity contribution is 7.98. The summed E-state index contributed by atoms with van der Waals surface area (Å²) in [6.07, 6.45) is 3.63. The molecule has 0 aliphatic heterocycles. The van der Waals surface area contributed by atoms with Crippen molar-refractivity contribution in [2.24, 2.45) is 16.5 Å². The molecule has 0 spiro atoms. The van der Waals surface area contributed by atoms with Gasteiger partial charge in [0.15, 0.2) is 5.03 Å². The number of hydroxylamine groups is 1. The van der Waals surface area contributed by atoms with Crippen LogP contribution in [0.15, 0.2) is 4.99 Å². The molecule has 0 unspecified atom stereocenters. The molecule has 144 valence electrons. The van der Waals surface area contributed by atoms with Gasteiger partial charge in [-0.25, -0.2) is 20.6 Å². The van der Waals surface area contributed by atoms with E-state index in [1.54, 1.807) is 17.2 Å². The highest BCUT2D eigenvalue weighted by Gasteiger charge is 2.23. The molecule has 0 heterocycles. The summed E-state index contributed by atoms with van der Waals surface area (Å²) in [5, 5.41) is 20.5. The summed E-state index contributed by atoms with van der Waals surface area (Å²) in [5.41, 5.74) is 14.2. The van der Waals surface area contributed by atoms with Gasteiger partial charge in [0.05, 0.1) is 6.04 Å². The zero-order valence-electron chi connectivity index (χ0n) is 13.9. The van der Waals surface area contributed by atoms with Crippen LogP contribution in [-0.2, 0) is 9.59 Å². The van der Waals surface area contributed by atoms with E-state index in [0.717, 1.165) is 12.2 Å². The second-order valence-electron chi connectivity index (χ2n) is 5.06. The number of guanidine groups is 1. The molecule has 13 heteroatoms. The van der Waals surface area contributed by atoms with E-state index in [4.69, 9.17) is 16.7 Å². The molecule has 0 aromatic carbocycles. The van der Waals surface area contributed by atoms with Gasteiger partial charge in [-0.05, 0) is 37.7 Å². The molecule has 2 atom stereocenters. The first-order chi connectivity index (χ1) is 11.8. The third kappa shape index (κ3) is 11.1. The zero-order chi connectivity index (χ0) is 19.2. The normalized spacial score (nSPS) is 13.6. The molecule has 0 aromatic rings. The lowest BCUT2D eigenvalue weighted by Crippen LogP contribution is -2.51. The number of nitro groups is 1. The number of rotatable bonds is 12. The van der Waals surface area contributed by atoms with Crippen LogP contribution in [0.1, 0.15) is 25.7 Å². The Labute approximate surface area is 149 Å². The number of hydrogen-bond donors (Lipinski definition) is 6. The Morgan fingerprint density at radius 1 is 1.32 bits per heavy atom. The summed E-state index contributed by atoms with van der Waals surface area (Å²) < 4.78 is 0. The Kier molecular flexibility index (Phi) is 12.1. The topological polar surface area (TPSA) is 198 Å². The van der Waals surface area contributed by atoms with E-state index in [0.29, 0.717) is 12.8 Å². The lowest BCUT2D eigenvalue weighted by molar-refractivity contribution is -0.525. The maximum absolute atomic E-state index is 12.0. The maximum atomic E-state index is 12.0. The largest absolute Gasteiger partial charge is 0.365 e. The predicted molar refractivity (Wildman–Crippen MR) is 93.3 cm³/mol. The van der Waals surface area contributed by atoms with Crippen molar-refractivity contribution in [3.8, 4) is 0 Å². The van der Waals surface area contributed by atoms with Gasteiger partial charge in [0.1, 0.15) is 6.04 Å². The van der Waals surface area contributed by atoms with Gasteiger partial charge < -0.3 is 16.8 Å². The molecular weight excluding hydrogens is 354 g/mol. The second-order valence-corrected chi connectivity index (χ2v) is 6.04. The van der Waals surface area contributed by atoms with E-state index in [-0.39, 0.29) is 18.9 Å². The van der Waals surface area contributed by atoms with Crippen LogP contribution in [0.2, 0.25) is 0 Å². The Morgan fingerprint density at radius 2 is 2.00 bits per heavy atom. The van der Waals surface area contributed by atoms with Crippen molar-refractivity contribution in [1.29, 1.82) is 0 Å². The molecule has 12 nitrogen and oxygen atoms in total. The number of amides is 2. The van der Waals surface area contributed by atoms with Gasteiger partial charge in [-0.15, -0.1) is 0 Å². The molecule has 25 heavy (non-hydrogen) atoms. The van der Waals surface area contributed by atoms with Gasteiger partial charge in [0.2, 0.25) is 5.91 Å². The van der Waals surface area contributed by atoms with E-state index in [1.165, 1.54) is 5.48 Å². The number of carbonyl (C=O) groups is 2. The van der Waals surface area contributed by atoms with Crippen LogP contribution in [0.3, 0.4) is 0 Å². The Bertz CT molecular complexity index is 477. The first kappa shape index (κ1) is 22.9. The average molecular weight is 379 g/mol. The van der Waals surface area contributed by atoms with Crippen LogP contribution in [0.4, 0.5) is 0 Å². The minimum atomic E-state index is -0.996. The molecule has 0 radical (unpaired) electrons. The summed E-state index contributed by atoms with van der Waals surface area (Å²) >= 11 is 1.64. The quantitative estimate of drug-likeness (QED) is 0.0572. The first-order valence-electron chi connectivity index (χ1n) is 7.51. The predicted octanol–water partition coefficient (Wildman–Crippen LogP) is -1.68. The lowest BCUT2D eigenvalue weighted by atomic mass is 10.1. The molecule has 2 amide bonds. The number of nitrogens with one attached hydrogen (secondary N) is 3. The van der Waals surface area contributed by atoms with E-state index >= 15 is 0 Å². The van der Waals surface area contributed by atoms with E-state index < -0.39 is 28.9 Å². The van der Waals surface area contributed by atoms with Gasteiger partial charge in [0.25, 0.3) is 11.9 Å². The average Bonchev–Trinajstić information content (AvgIpc) is 2.56. The molecule has 0 saturated heterocycles. The molecule has 0 saturated carbocycles. The van der Waals surface area contributed by atoms with Crippen molar-refractivity contribution in [1.82, 2.24) is 16.2 Å². The van der Waals surface area contributed by atoms with Gasteiger partial charge in [-0.1, -0.05) is 5.43 Å².